The Bertz CT molecular complexity index is 789. The average molecular weight is 390 g/mol. The number of halogens is 4. The van der Waals surface area contributed by atoms with Gasteiger partial charge >= 0.3 is 6.18 Å². The lowest BCUT2D eigenvalue weighted by Gasteiger charge is -2.12. The number of rotatable bonds is 4. The number of nitrogens with one attached hydrogen (secondary N) is 1. The van der Waals surface area contributed by atoms with E-state index in [9.17, 15) is 18.0 Å². The maximum atomic E-state index is 12.8. The highest BCUT2D eigenvalue weighted by Gasteiger charge is 2.33. The number of amides is 1. The summed E-state index contributed by atoms with van der Waals surface area (Å²) in [7, 11) is 0. The first-order valence-corrected chi connectivity index (χ1v) is 8.55. The Hall–Kier alpha value is -1.80. The van der Waals surface area contributed by atoms with E-state index in [0.29, 0.717) is 5.16 Å². The zero-order valence-corrected chi connectivity index (χ0v) is 15.2. The third-order valence-corrected chi connectivity index (χ3v) is 4.68. The van der Waals surface area contributed by atoms with Crippen LogP contribution in [0.25, 0.3) is 0 Å². The Morgan fingerprint density at radius 1 is 1.20 bits per heavy atom. The molecule has 0 spiro atoms. The van der Waals surface area contributed by atoms with Crippen molar-refractivity contribution >= 4 is 35.0 Å². The van der Waals surface area contributed by atoms with Crippen molar-refractivity contribution in [2.24, 2.45) is 0 Å². The summed E-state index contributed by atoms with van der Waals surface area (Å²) < 4.78 is 38.5. The molecule has 0 saturated heterocycles. The molecule has 4 nitrogen and oxygen atoms in total. The van der Waals surface area contributed by atoms with Crippen molar-refractivity contribution in [3.05, 3.63) is 45.7 Å². The lowest BCUT2D eigenvalue weighted by atomic mass is 10.2. The maximum Gasteiger partial charge on any atom is 0.417 e. The van der Waals surface area contributed by atoms with Gasteiger partial charge in [-0.1, -0.05) is 23.4 Å². The molecule has 1 aromatic carbocycles. The number of carbonyl (C=O) groups excluding carboxylic acids is 1. The van der Waals surface area contributed by atoms with Crippen LogP contribution in [0.2, 0.25) is 5.02 Å². The first-order chi connectivity index (χ1) is 11.6. The zero-order chi connectivity index (χ0) is 18.8. The van der Waals surface area contributed by atoms with Gasteiger partial charge in [-0.25, -0.2) is 9.97 Å². The van der Waals surface area contributed by atoms with Crippen LogP contribution in [0.3, 0.4) is 0 Å². The molecule has 0 atom stereocenters. The highest BCUT2D eigenvalue weighted by molar-refractivity contribution is 7.99. The van der Waals surface area contributed by atoms with E-state index in [1.807, 2.05) is 20.8 Å². The third kappa shape index (κ3) is 5.09. The SMILES string of the molecule is Cc1nc(SCC(=O)Nc2ccc(Cl)c(C(F)(F)F)c2)nc(C)c1C. The van der Waals surface area contributed by atoms with Gasteiger partial charge < -0.3 is 5.32 Å². The predicted octanol–water partition coefficient (Wildman–Crippen LogP) is 4.80. The summed E-state index contributed by atoms with van der Waals surface area (Å²) >= 11 is 6.66. The number of nitrogens with zero attached hydrogens (tertiary/aromatic N) is 2. The molecule has 25 heavy (non-hydrogen) atoms. The number of aromatic nitrogens is 2. The van der Waals surface area contributed by atoms with Crippen LogP contribution < -0.4 is 5.32 Å². The van der Waals surface area contributed by atoms with E-state index in [-0.39, 0.29) is 11.4 Å². The zero-order valence-electron chi connectivity index (χ0n) is 13.7. The lowest BCUT2D eigenvalue weighted by molar-refractivity contribution is -0.137. The Balaban J connectivity index is 2.04. The van der Waals surface area contributed by atoms with Crippen molar-refractivity contribution in [1.29, 1.82) is 0 Å². The topological polar surface area (TPSA) is 54.9 Å². The molecule has 0 unspecified atom stereocenters. The van der Waals surface area contributed by atoms with E-state index in [1.54, 1.807) is 0 Å². The summed E-state index contributed by atoms with van der Waals surface area (Å²) in [5, 5.41) is 2.45. The highest BCUT2D eigenvalue weighted by Crippen LogP contribution is 2.36. The van der Waals surface area contributed by atoms with Crippen LogP contribution in [0.15, 0.2) is 23.4 Å². The molecule has 0 fully saturated rings. The van der Waals surface area contributed by atoms with Gasteiger partial charge in [0, 0.05) is 17.1 Å². The number of thioether (sulfide) groups is 1. The summed E-state index contributed by atoms with van der Waals surface area (Å²) in [5.74, 6) is -0.480. The summed E-state index contributed by atoms with van der Waals surface area (Å²) in [6.45, 7) is 5.60. The van der Waals surface area contributed by atoms with Crippen molar-refractivity contribution in [2.45, 2.75) is 32.1 Å². The molecule has 0 aliphatic heterocycles. The molecule has 1 amide bonds. The number of anilines is 1. The number of carbonyl (C=O) groups is 1. The number of benzene rings is 1. The standard InChI is InChI=1S/C16H15ClF3N3OS/c1-8-9(2)21-15(22-10(8)3)25-7-14(24)23-11-4-5-13(17)12(6-11)16(18,19)20/h4-6H,7H2,1-3H3,(H,23,24). The molecule has 134 valence electrons. The molecule has 2 aromatic rings. The fourth-order valence-electron chi connectivity index (χ4n) is 1.95. The molecule has 1 heterocycles. The largest absolute Gasteiger partial charge is 0.417 e. The van der Waals surface area contributed by atoms with Crippen LogP contribution in [0.5, 0.6) is 0 Å². The Kier molecular flexibility index (Phi) is 5.95. The van der Waals surface area contributed by atoms with Crippen LogP contribution >= 0.6 is 23.4 Å². The quantitative estimate of drug-likeness (QED) is 0.602. The minimum Gasteiger partial charge on any atom is -0.325 e. The van der Waals surface area contributed by atoms with Crippen molar-refractivity contribution in [3.63, 3.8) is 0 Å². The molecule has 0 bridgehead atoms. The van der Waals surface area contributed by atoms with Gasteiger partial charge in [0.2, 0.25) is 5.91 Å². The number of alkyl halides is 3. The normalized spacial score (nSPS) is 11.5. The van der Waals surface area contributed by atoms with E-state index in [2.05, 4.69) is 15.3 Å². The van der Waals surface area contributed by atoms with E-state index < -0.39 is 22.7 Å². The second-order valence-corrected chi connectivity index (χ2v) is 6.68. The van der Waals surface area contributed by atoms with E-state index in [1.165, 1.54) is 6.07 Å². The molecule has 1 aromatic heterocycles. The average Bonchev–Trinajstić information content (AvgIpc) is 2.51. The van der Waals surface area contributed by atoms with Crippen LogP contribution in [0, 0.1) is 20.8 Å². The van der Waals surface area contributed by atoms with E-state index in [0.717, 1.165) is 40.8 Å². The molecule has 0 aliphatic carbocycles. The molecule has 1 N–H and O–H groups in total. The van der Waals surface area contributed by atoms with Gasteiger partial charge in [-0.3, -0.25) is 4.79 Å². The molecular formula is C16H15ClF3N3OS. The molecule has 0 radical (unpaired) electrons. The van der Waals surface area contributed by atoms with Gasteiger partial charge in [-0.05, 0) is 44.5 Å². The third-order valence-electron chi connectivity index (χ3n) is 3.50. The van der Waals surface area contributed by atoms with Gasteiger partial charge in [0.25, 0.3) is 0 Å². The Labute approximate surface area is 152 Å². The van der Waals surface area contributed by atoms with Crippen LogP contribution in [-0.4, -0.2) is 21.6 Å². The summed E-state index contributed by atoms with van der Waals surface area (Å²) in [4.78, 5) is 20.5. The van der Waals surface area contributed by atoms with Crippen molar-refractivity contribution < 1.29 is 18.0 Å². The van der Waals surface area contributed by atoms with Crippen LogP contribution in [-0.2, 0) is 11.0 Å². The molecular weight excluding hydrogens is 375 g/mol. The highest BCUT2D eigenvalue weighted by atomic mass is 35.5. The molecule has 0 aliphatic rings. The Morgan fingerprint density at radius 2 is 1.80 bits per heavy atom. The number of hydrogen-bond acceptors (Lipinski definition) is 4. The maximum absolute atomic E-state index is 12.8. The monoisotopic (exact) mass is 389 g/mol. The second kappa shape index (κ2) is 7.61. The Morgan fingerprint density at radius 3 is 2.36 bits per heavy atom. The van der Waals surface area contributed by atoms with Crippen molar-refractivity contribution in [2.75, 3.05) is 11.1 Å². The van der Waals surface area contributed by atoms with Gasteiger partial charge in [0.05, 0.1) is 16.3 Å². The predicted molar refractivity (Wildman–Crippen MR) is 92.1 cm³/mol. The summed E-state index contributed by atoms with van der Waals surface area (Å²) in [6, 6.07) is 3.22. The number of hydrogen-bond donors (Lipinski definition) is 1. The number of aryl methyl sites for hydroxylation is 2. The first kappa shape index (κ1) is 19.5. The second-order valence-electron chi connectivity index (χ2n) is 5.33. The molecule has 2 rings (SSSR count). The summed E-state index contributed by atoms with van der Waals surface area (Å²) in [5.41, 5.74) is 1.66. The molecule has 0 saturated carbocycles. The van der Waals surface area contributed by atoms with Gasteiger partial charge in [0.15, 0.2) is 5.16 Å². The van der Waals surface area contributed by atoms with E-state index in [4.69, 9.17) is 11.6 Å². The summed E-state index contributed by atoms with van der Waals surface area (Å²) in [6.07, 6.45) is -4.59. The van der Waals surface area contributed by atoms with Gasteiger partial charge in [0.1, 0.15) is 0 Å². The lowest BCUT2D eigenvalue weighted by Crippen LogP contribution is -2.15. The fourth-order valence-corrected chi connectivity index (χ4v) is 2.91. The van der Waals surface area contributed by atoms with Crippen molar-refractivity contribution in [3.8, 4) is 0 Å². The first-order valence-electron chi connectivity index (χ1n) is 7.19. The van der Waals surface area contributed by atoms with Gasteiger partial charge in [-0.2, -0.15) is 13.2 Å². The molecule has 9 heteroatoms. The van der Waals surface area contributed by atoms with E-state index >= 15 is 0 Å². The smallest absolute Gasteiger partial charge is 0.325 e. The van der Waals surface area contributed by atoms with Crippen LogP contribution in [0.1, 0.15) is 22.5 Å². The van der Waals surface area contributed by atoms with Gasteiger partial charge in [-0.15, -0.1) is 0 Å². The minimum absolute atomic E-state index is 0.0219. The minimum atomic E-state index is -4.59. The fraction of sp³-hybridized carbons (Fsp3) is 0.312. The van der Waals surface area contributed by atoms with Crippen LogP contribution in [0.4, 0.5) is 18.9 Å². The van der Waals surface area contributed by atoms with Crippen molar-refractivity contribution in [1.82, 2.24) is 9.97 Å².